The minimum Gasteiger partial charge on any atom is -0.352 e. The molecule has 2 atom stereocenters. The molecular weight excluding hydrogens is 532 g/mol. The van der Waals surface area contributed by atoms with Crippen LogP contribution in [0.15, 0.2) is 89.4 Å². The van der Waals surface area contributed by atoms with Gasteiger partial charge in [-0.3, -0.25) is 9.59 Å². The van der Waals surface area contributed by atoms with Crippen molar-refractivity contribution in [2.75, 3.05) is 5.75 Å². The number of nitrogens with one attached hydrogen (secondary N) is 1. The summed E-state index contributed by atoms with van der Waals surface area (Å²) in [5.41, 5.74) is 3.28. The Morgan fingerprint density at radius 3 is 2.11 bits per heavy atom. The molecule has 3 rings (SSSR count). The van der Waals surface area contributed by atoms with Gasteiger partial charge in [0.2, 0.25) is 11.8 Å². The molecule has 0 fully saturated rings. The van der Waals surface area contributed by atoms with Gasteiger partial charge in [0.1, 0.15) is 6.04 Å². The maximum absolute atomic E-state index is 13.6. The van der Waals surface area contributed by atoms with Gasteiger partial charge in [-0.15, -0.1) is 0 Å². The molecule has 0 spiro atoms. The first-order valence-corrected chi connectivity index (χ1v) is 14.4. The predicted octanol–water partition coefficient (Wildman–Crippen LogP) is 6.63. The third-order valence-electron chi connectivity index (χ3n) is 6.11. The molecule has 4 nitrogen and oxygen atoms in total. The lowest BCUT2D eigenvalue weighted by Crippen LogP contribution is -2.52. The second-order valence-electron chi connectivity index (χ2n) is 8.96. The molecule has 190 valence electrons. The van der Waals surface area contributed by atoms with Crippen molar-refractivity contribution in [3.63, 3.8) is 0 Å². The molecule has 1 N–H and O–H groups in total. The van der Waals surface area contributed by atoms with Gasteiger partial charge in [0, 0.05) is 41.4 Å². The summed E-state index contributed by atoms with van der Waals surface area (Å²) in [5, 5.41) is 3.12. The van der Waals surface area contributed by atoms with Crippen LogP contribution < -0.4 is 5.32 Å². The van der Waals surface area contributed by atoms with Crippen LogP contribution in [-0.4, -0.2) is 34.6 Å². The van der Waals surface area contributed by atoms with E-state index < -0.39 is 6.04 Å². The lowest BCUT2D eigenvalue weighted by molar-refractivity contribution is -0.141. The zero-order valence-electron chi connectivity index (χ0n) is 21.0. The van der Waals surface area contributed by atoms with Crippen molar-refractivity contribution in [1.29, 1.82) is 0 Å². The molecule has 3 aromatic carbocycles. The van der Waals surface area contributed by atoms with Gasteiger partial charge in [-0.25, -0.2) is 0 Å². The normalized spacial score (nSPS) is 12.5. The van der Waals surface area contributed by atoms with Crippen molar-refractivity contribution >= 4 is 39.5 Å². The molecule has 0 radical (unpaired) electrons. The average Bonchev–Trinajstić information content (AvgIpc) is 2.90. The van der Waals surface area contributed by atoms with E-state index in [0.29, 0.717) is 25.1 Å². The molecule has 0 aliphatic heterocycles. The number of halogens is 1. The van der Waals surface area contributed by atoms with E-state index in [4.69, 9.17) is 0 Å². The maximum atomic E-state index is 13.6. The third-order valence-corrected chi connectivity index (χ3v) is 7.67. The second-order valence-corrected chi connectivity index (χ2v) is 11.0. The fourth-order valence-electron chi connectivity index (χ4n) is 3.85. The number of amides is 2. The van der Waals surface area contributed by atoms with Gasteiger partial charge in [-0.2, -0.15) is 11.8 Å². The van der Waals surface area contributed by atoms with Gasteiger partial charge >= 0.3 is 0 Å². The van der Waals surface area contributed by atoms with Crippen LogP contribution in [0.2, 0.25) is 0 Å². The quantitative estimate of drug-likeness (QED) is 0.236. The average molecular weight is 568 g/mol. The number of hydrogen-bond acceptors (Lipinski definition) is 3. The van der Waals surface area contributed by atoms with E-state index in [2.05, 4.69) is 33.4 Å². The first-order chi connectivity index (χ1) is 17.5. The van der Waals surface area contributed by atoms with Crippen LogP contribution in [0.4, 0.5) is 0 Å². The number of hydrogen-bond donors (Lipinski definition) is 1. The van der Waals surface area contributed by atoms with Crippen molar-refractivity contribution in [3.8, 4) is 0 Å². The van der Waals surface area contributed by atoms with E-state index in [1.165, 1.54) is 5.56 Å². The molecule has 36 heavy (non-hydrogen) atoms. The Labute approximate surface area is 228 Å². The number of nitrogens with zero attached hydrogens (tertiary/aromatic N) is 1. The molecule has 3 aromatic rings. The minimum atomic E-state index is -0.586. The third kappa shape index (κ3) is 9.14. The Bertz CT molecular complexity index is 1080. The molecule has 0 heterocycles. The van der Waals surface area contributed by atoms with Gasteiger partial charge in [-0.05, 0) is 42.2 Å². The first kappa shape index (κ1) is 28.0. The lowest BCUT2D eigenvalue weighted by atomic mass is 10.0. The van der Waals surface area contributed by atoms with Crippen LogP contribution in [0.25, 0.3) is 0 Å². The van der Waals surface area contributed by atoms with Crippen molar-refractivity contribution < 1.29 is 9.59 Å². The summed E-state index contributed by atoms with van der Waals surface area (Å²) in [4.78, 5) is 28.9. The molecule has 0 saturated heterocycles. The molecule has 0 aliphatic carbocycles. The summed E-state index contributed by atoms with van der Waals surface area (Å²) >= 11 is 5.23. The van der Waals surface area contributed by atoms with E-state index in [0.717, 1.165) is 27.8 Å². The molecular formula is C30H35BrN2O2S. The fraction of sp³-hybridized carbons (Fsp3) is 0.333. The number of benzene rings is 3. The van der Waals surface area contributed by atoms with E-state index >= 15 is 0 Å². The standard InChI is InChI=1S/C30H35BrN2O2S/c1-3-23(2)32-30(35)28(20-24-10-6-4-7-11-24)33(21-25-14-16-27(31)17-15-25)29(34)18-19-36-22-26-12-8-5-9-13-26/h4-17,23,28H,3,18-22H2,1-2H3,(H,32,35)/t23-,28+/m0/s1. The number of rotatable bonds is 13. The SMILES string of the molecule is CC[C@H](C)NC(=O)[C@@H](Cc1ccccc1)N(Cc1ccc(Br)cc1)C(=O)CCSCc1ccccc1. The summed E-state index contributed by atoms with van der Waals surface area (Å²) < 4.78 is 0.983. The maximum Gasteiger partial charge on any atom is 0.243 e. The Balaban J connectivity index is 1.80. The molecule has 0 unspecified atom stereocenters. The Kier molecular flexibility index (Phi) is 11.6. The zero-order chi connectivity index (χ0) is 25.8. The predicted molar refractivity (Wildman–Crippen MR) is 154 cm³/mol. The van der Waals surface area contributed by atoms with Crippen LogP contribution in [0.5, 0.6) is 0 Å². The molecule has 6 heteroatoms. The highest BCUT2D eigenvalue weighted by atomic mass is 79.9. The summed E-state index contributed by atoms with van der Waals surface area (Å²) in [6.45, 7) is 4.44. The van der Waals surface area contributed by atoms with Crippen LogP contribution in [0.3, 0.4) is 0 Å². The topological polar surface area (TPSA) is 49.4 Å². The highest BCUT2D eigenvalue weighted by Crippen LogP contribution is 2.20. The monoisotopic (exact) mass is 566 g/mol. The summed E-state index contributed by atoms with van der Waals surface area (Å²) in [6, 6.07) is 27.6. The molecule has 0 saturated carbocycles. The van der Waals surface area contributed by atoms with Crippen molar-refractivity contribution in [1.82, 2.24) is 10.2 Å². The van der Waals surface area contributed by atoms with Crippen LogP contribution >= 0.6 is 27.7 Å². The smallest absolute Gasteiger partial charge is 0.243 e. The fourth-order valence-corrected chi connectivity index (χ4v) is 5.00. The highest BCUT2D eigenvalue weighted by Gasteiger charge is 2.30. The Morgan fingerprint density at radius 1 is 0.889 bits per heavy atom. The lowest BCUT2D eigenvalue weighted by Gasteiger charge is -2.32. The highest BCUT2D eigenvalue weighted by molar-refractivity contribution is 9.10. The molecule has 2 amide bonds. The number of thioether (sulfide) groups is 1. The van der Waals surface area contributed by atoms with Gasteiger partial charge in [0.15, 0.2) is 0 Å². The Hall–Kier alpha value is -2.57. The number of carbonyl (C=O) groups excluding carboxylic acids is 2. The van der Waals surface area contributed by atoms with Gasteiger partial charge in [0.05, 0.1) is 0 Å². The van der Waals surface area contributed by atoms with Gasteiger partial charge < -0.3 is 10.2 Å². The van der Waals surface area contributed by atoms with E-state index in [-0.39, 0.29) is 17.9 Å². The Morgan fingerprint density at radius 2 is 1.50 bits per heavy atom. The minimum absolute atomic E-state index is 0.00119. The molecule has 0 bridgehead atoms. The van der Waals surface area contributed by atoms with E-state index in [1.54, 1.807) is 16.7 Å². The zero-order valence-corrected chi connectivity index (χ0v) is 23.4. The first-order valence-electron chi connectivity index (χ1n) is 12.5. The van der Waals surface area contributed by atoms with E-state index in [1.807, 2.05) is 86.6 Å². The molecule has 0 aliphatic rings. The summed E-state index contributed by atoms with van der Waals surface area (Å²) in [7, 11) is 0. The van der Waals surface area contributed by atoms with Crippen molar-refractivity contribution in [2.24, 2.45) is 0 Å². The van der Waals surface area contributed by atoms with Gasteiger partial charge in [0.25, 0.3) is 0 Å². The van der Waals surface area contributed by atoms with Crippen molar-refractivity contribution in [2.45, 2.75) is 57.5 Å². The number of carbonyl (C=O) groups is 2. The van der Waals surface area contributed by atoms with Crippen LogP contribution in [0, 0.1) is 0 Å². The van der Waals surface area contributed by atoms with E-state index in [9.17, 15) is 9.59 Å². The summed E-state index contributed by atoms with van der Waals surface area (Å²) in [5.74, 6) is 1.47. The van der Waals surface area contributed by atoms with Crippen LogP contribution in [-0.2, 0) is 28.3 Å². The largest absolute Gasteiger partial charge is 0.352 e. The van der Waals surface area contributed by atoms with Crippen LogP contribution in [0.1, 0.15) is 43.4 Å². The summed E-state index contributed by atoms with van der Waals surface area (Å²) in [6.07, 6.45) is 1.69. The van der Waals surface area contributed by atoms with Gasteiger partial charge in [-0.1, -0.05) is 95.7 Å². The molecule has 0 aromatic heterocycles. The van der Waals surface area contributed by atoms with Crippen molar-refractivity contribution in [3.05, 3.63) is 106 Å². The second kappa shape index (κ2) is 14.9.